The van der Waals surface area contributed by atoms with Crippen LogP contribution in [0.3, 0.4) is 0 Å². The quantitative estimate of drug-likeness (QED) is 0.809. The number of nitrogens with one attached hydrogen (secondary N) is 1. The molecular weight excluding hydrogens is 231 g/mol. The summed E-state index contributed by atoms with van der Waals surface area (Å²) in [7, 11) is 5.52. The summed E-state index contributed by atoms with van der Waals surface area (Å²) >= 11 is 0. The molecule has 0 aromatic heterocycles. The molecule has 18 heavy (non-hydrogen) atoms. The predicted octanol–water partition coefficient (Wildman–Crippen LogP) is 2.44. The number of halogens is 1. The Kier molecular flexibility index (Phi) is 6.09. The van der Waals surface area contributed by atoms with E-state index in [0.29, 0.717) is 11.3 Å². The van der Waals surface area contributed by atoms with Crippen LogP contribution in [0, 0.1) is 5.82 Å². The lowest BCUT2D eigenvalue weighted by molar-refractivity contribution is 0.335. The number of methoxy groups -OCH3 is 1. The van der Waals surface area contributed by atoms with Crippen LogP contribution in [0.5, 0.6) is 5.75 Å². The van der Waals surface area contributed by atoms with E-state index in [2.05, 4.69) is 17.1 Å². The van der Waals surface area contributed by atoms with Gasteiger partial charge in [-0.3, -0.25) is 0 Å². The summed E-state index contributed by atoms with van der Waals surface area (Å²) in [5.41, 5.74) is 0.693. The molecule has 1 aromatic rings. The van der Waals surface area contributed by atoms with Gasteiger partial charge in [-0.1, -0.05) is 13.0 Å². The number of nitrogens with zero attached hydrogens (tertiary/aromatic N) is 1. The van der Waals surface area contributed by atoms with E-state index in [1.807, 2.05) is 14.1 Å². The molecule has 0 fully saturated rings. The van der Waals surface area contributed by atoms with Gasteiger partial charge in [0.25, 0.3) is 0 Å². The van der Waals surface area contributed by atoms with Gasteiger partial charge in [0.2, 0.25) is 0 Å². The van der Waals surface area contributed by atoms with E-state index in [1.54, 1.807) is 19.2 Å². The third-order valence-corrected chi connectivity index (χ3v) is 2.77. The van der Waals surface area contributed by atoms with Crippen molar-refractivity contribution < 1.29 is 9.13 Å². The van der Waals surface area contributed by atoms with Crippen molar-refractivity contribution >= 4 is 0 Å². The van der Waals surface area contributed by atoms with Crippen molar-refractivity contribution in [1.82, 2.24) is 10.2 Å². The monoisotopic (exact) mass is 254 g/mol. The second-order valence-electron chi connectivity index (χ2n) is 4.66. The minimum absolute atomic E-state index is 0.00542. The lowest BCUT2D eigenvalue weighted by atomic mass is 10.1. The van der Waals surface area contributed by atoms with Crippen LogP contribution in [-0.2, 0) is 0 Å². The van der Waals surface area contributed by atoms with E-state index in [0.717, 1.165) is 19.5 Å². The van der Waals surface area contributed by atoms with E-state index < -0.39 is 0 Å². The van der Waals surface area contributed by atoms with Crippen LogP contribution in [-0.4, -0.2) is 39.2 Å². The van der Waals surface area contributed by atoms with Crippen molar-refractivity contribution in [2.75, 3.05) is 34.3 Å². The van der Waals surface area contributed by atoms with Crippen molar-refractivity contribution in [3.63, 3.8) is 0 Å². The van der Waals surface area contributed by atoms with Gasteiger partial charge in [0.05, 0.1) is 7.11 Å². The first-order valence-corrected chi connectivity index (χ1v) is 6.30. The van der Waals surface area contributed by atoms with Gasteiger partial charge in [0, 0.05) is 24.2 Å². The summed E-state index contributed by atoms with van der Waals surface area (Å²) in [6, 6.07) is 5.04. The average Bonchev–Trinajstić information content (AvgIpc) is 2.34. The molecule has 1 atom stereocenters. The molecule has 1 rings (SSSR count). The lowest BCUT2D eigenvalue weighted by Gasteiger charge is -2.23. The summed E-state index contributed by atoms with van der Waals surface area (Å²) in [6.07, 6.45) is 1.03. The summed E-state index contributed by atoms with van der Waals surface area (Å²) in [4.78, 5) is 2.05. The van der Waals surface area contributed by atoms with E-state index in [9.17, 15) is 4.39 Å². The minimum Gasteiger partial charge on any atom is -0.497 e. The Morgan fingerprint density at radius 2 is 2.11 bits per heavy atom. The Bertz CT molecular complexity index is 369. The zero-order valence-electron chi connectivity index (χ0n) is 11.7. The Morgan fingerprint density at radius 1 is 1.39 bits per heavy atom. The standard InChI is InChI=1S/C14H23FN2O/c1-5-8-16-14(10-17(2)3)12-7-6-11(18-4)9-13(12)15/h6-7,9,14,16H,5,8,10H2,1-4H3. The number of ether oxygens (including phenoxy) is 1. The molecule has 0 aliphatic rings. The average molecular weight is 254 g/mol. The van der Waals surface area contributed by atoms with Gasteiger partial charge >= 0.3 is 0 Å². The van der Waals surface area contributed by atoms with Crippen molar-refractivity contribution in [1.29, 1.82) is 0 Å². The van der Waals surface area contributed by atoms with Gasteiger partial charge in [0.15, 0.2) is 0 Å². The fourth-order valence-electron chi connectivity index (χ4n) is 1.87. The molecule has 0 aliphatic heterocycles. The molecule has 1 unspecified atom stereocenters. The normalized spacial score (nSPS) is 12.8. The molecule has 3 nitrogen and oxygen atoms in total. The minimum atomic E-state index is -0.218. The molecule has 0 radical (unpaired) electrons. The van der Waals surface area contributed by atoms with Gasteiger partial charge in [-0.25, -0.2) is 4.39 Å². The van der Waals surface area contributed by atoms with Gasteiger partial charge in [0.1, 0.15) is 11.6 Å². The van der Waals surface area contributed by atoms with Crippen LogP contribution in [0.25, 0.3) is 0 Å². The molecule has 0 heterocycles. The second kappa shape index (κ2) is 7.34. The van der Waals surface area contributed by atoms with Crippen LogP contribution >= 0.6 is 0 Å². The van der Waals surface area contributed by atoms with E-state index in [1.165, 1.54) is 6.07 Å². The van der Waals surface area contributed by atoms with Crippen LogP contribution in [0.1, 0.15) is 24.9 Å². The highest BCUT2D eigenvalue weighted by Crippen LogP contribution is 2.22. The second-order valence-corrected chi connectivity index (χ2v) is 4.66. The SMILES string of the molecule is CCCNC(CN(C)C)c1ccc(OC)cc1F. The molecule has 102 valence electrons. The van der Waals surface area contributed by atoms with E-state index in [4.69, 9.17) is 4.74 Å². The number of benzene rings is 1. The summed E-state index contributed by atoms with van der Waals surface area (Å²) in [5, 5.41) is 3.37. The molecule has 0 amide bonds. The molecule has 0 spiro atoms. The number of rotatable bonds is 7. The molecular formula is C14H23FN2O. The Hall–Kier alpha value is -1.13. The molecule has 0 saturated heterocycles. The maximum Gasteiger partial charge on any atom is 0.131 e. The molecule has 0 aliphatic carbocycles. The van der Waals surface area contributed by atoms with E-state index >= 15 is 0 Å². The first-order valence-electron chi connectivity index (χ1n) is 6.30. The Morgan fingerprint density at radius 3 is 2.61 bits per heavy atom. The van der Waals surface area contributed by atoms with Crippen molar-refractivity contribution in [3.8, 4) is 5.75 Å². The van der Waals surface area contributed by atoms with Crippen LogP contribution < -0.4 is 10.1 Å². The first-order chi connectivity index (χ1) is 8.58. The first kappa shape index (κ1) is 14.9. The molecule has 0 saturated carbocycles. The number of likely N-dealkylation sites (N-methyl/N-ethyl adjacent to an activating group) is 1. The van der Waals surface area contributed by atoms with Gasteiger partial charge in [-0.15, -0.1) is 0 Å². The Balaban J connectivity index is 2.89. The van der Waals surface area contributed by atoms with Gasteiger partial charge in [-0.05, 0) is 33.1 Å². The summed E-state index contributed by atoms with van der Waals surface area (Å²) in [5.74, 6) is 0.333. The topological polar surface area (TPSA) is 24.5 Å². The zero-order chi connectivity index (χ0) is 13.5. The third kappa shape index (κ3) is 4.27. The highest BCUT2D eigenvalue weighted by molar-refractivity contribution is 5.31. The fraction of sp³-hybridized carbons (Fsp3) is 0.571. The maximum atomic E-state index is 14.0. The van der Waals surface area contributed by atoms with Crippen LogP contribution in [0.4, 0.5) is 4.39 Å². The zero-order valence-corrected chi connectivity index (χ0v) is 11.7. The van der Waals surface area contributed by atoms with Crippen LogP contribution in [0.2, 0.25) is 0 Å². The van der Waals surface area contributed by atoms with Crippen molar-refractivity contribution in [2.45, 2.75) is 19.4 Å². The summed E-state index contributed by atoms with van der Waals surface area (Å²) in [6.45, 7) is 3.75. The maximum absolute atomic E-state index is 14.0. The lowest BCUT2D eigenvalue weighted by Crippen LogP contribution is -2.32. The Labute approximate surface area is 109 Å². The number of hydrogen-bond donors (Lipinski definition) is 1. The van der Waals surface area contributed by atoms with Crippen LogP contribution in [0.15, 0.2) is 18.2 Å². The molecule has 1 N–H and O–H groups in total. The van der Waals surface area contributed by atoms with Crippen molar-refractivity contribution in [3.05, 3.63) is 29.6 Å². The highest BCUT2D eigenvalue weighted by Gasteiger charge is 2.16. The largest absolute Gasteiger partial charge is 0.497 e. The molecule has 1 aromatic carbocycles. The summed E-state index contributed by atoms with van der Waals surface area (Å²) < 4.78 is 19.0. The van der Waals surface area contributed by atoms with Gasteiger partial charge < -0.3 is 15.0 Å². The molecule has 4 heteroatoms. The molecule has 0 bridgehead atoms. The predicted molar refractivity (Wildman–Crippen MR) is 72.5 cm³/mol. The highest BCUT2D eigenvalue weighted by atomic mass is 19.1. The van der Waals surface area contributed by atoms with Crippen molar-refractivity contribution in [2.24, 2.45) is 0 Å². The third-order valence-electron chi connectivity index (χ3n) is 2.77. The number of hydrogen-bond acceptors (Lipinski definition) is 3. The smallest absolute Gasteiger partial charge is 0.131 e. The van der Waals surface area contributed by atoms with Gasteiger partial charge in [-0.2, -0.15) is 0 Å². The fourth-order valence-corrected chi connectivity index (χ4v) is 1.87. The van der Waals surface area contributed by atoms with E-state index in [-0.39, 0.29) is 11.9 Å².